The number of aliphatic hydroxyl groups excluding tert-OH is 1. The molecular formula is C14H23NO3. The Bertz CT molecular complexity index is 368. The van der Waals surface area contributed by atoms with E-state index in [1.807, 2.05) is 19.1 Å². The molecule has 0 spiro atoms. The Kier molecular flexibility index (Phi) is 5.95. The zero-order valence-electron chi connectivity index (χ0n) is 11.3. The van der Waals surface area contributed by atoms with Gasteiger partial charge in [-0.25, -0.2) is 0 Å². The van der Waals surface area contributed by atoms with Gasteiger partial charge in [0.25, 0.3) is 0 Å². The standard InChI is InChI=1S/C14H23NO3/c1-10(5-4-8-16)15-11(2)13-7-6-12(18-3)9-14(13)17/h6-7,9-11,15-17H,4-5,8H2,1-3H3. The van der Waals surface area contributed by atoms with E-state index in [-0.39, 0.29) is 18.4 Å². The van der Waals surface area contributed by atoms with E-state index in [2.05, 4.69) is 12.2 Å². The van der Waals surface area contributed by atoms with Gasteiger partial charge >= 0.3 is 0 Å². The Morgan fingerprint density at radius 3 is 2.61 bits per heavy atom. The molecule has 0 saturated heterocycles. The van der Waals surface area contributed by atoms with Crippen LogP contribution in [0.25, 0.3) is 0 Å². The molecule has 1 aromatic carbocycles. The van der Waals surface area contributed by atoms with Crippen LogP contribution in [-0.2, 0) is 0 Å². The second-order valence-electron chi connectivity index (χ2n) is 4.58. The smallest absolute Gasteiger partial charge is 0.124 e. The van der Waals surface area contributed by atoms with Crippen LogP contribution in [0.15, 0.2) is 18.2 Å². The maximum Gasteiger partial charge on any atom is 0.124 e. The van der Waals surface area contributed by atoms with Crippen molar-refractivity contribution in [3.05, 3.63) is 23.8 Å². The fourth-order valence-corrected chi connectivity index (χ4v) is 2.01. The number of hydrogen-bond acceptors (Lipinski definition) is 4. The first-order valence-corrected chi connectivity index (χ1v) is 6.32. The number of nitrogens with one attached hydrogen (secondary N) is 1. The van der Waals surface area contributed by atoms with Crippen LogP contribution in [0.2, 0.25) is 0 Å². The first kappa shape index (κ1) is 14.8. The van der Waals surface area contributed by atoms with Gasteiger partial charge in [-0.1, -0.05) is 6.07 Å². The maximum absolute atomic E-state index is 9.92. The number of methoxy groups -OCH3 is 1. The topological polar surface area (TPSA) is 61.7 Å². The zero-order chi connectivity index (χ0) is 13.5. The van der Waals surface area contributed by atoms with Crippen LogP contribution in [-0.4, -0.2) is 30.0 Å². The summed E-state index contributed by atoms with van der Waals surface area (Å²) in [6, 6.07) is 5.68. The number of ether oxygens (including phenoxy) is 1. The Morgan fingerprint density at radius 2 is 2.06 bits per heavy atom. The lowest BCUT2D eigenvalue weighted by atomic mass is 10.0. The largest absolute Gasteiger partial charge is 0.507 e. The van der Waals surface area contributed by atoms with Crippen molar-refractivity contribution in [1.82, 2.24) is 5.32 Å². The molecule has 0 amide bonds. The van der Waals surface area contributed by atoms with Gasteiger partial charge in [0, 0.05) is 30.3 Å². The molecule has 4 heteroatoms. The van der Waals surface area contributed by atoms with Crippen molar-refractivity contribution in [2.75, 3.05) is 13.7 Å². The third-order valence-electron chi connectivity index (χ3n) is 3.03. The Morgan fingerprint density at radius 1 is 1.33 bits per heavy atom. The van der Waals surface area contributed by atoms with Crippen LogP contribution in [0.5, 0.6) is 11.5 Å². The highest BCUT2D eigenvalue weighted by atomic mass is 16.5. The van der Waals surface area contributed by atoms with E-state index in [9.17, 15) is 5.11 Å². The molecule has 0 aromatic heterocycles. The average molecular weight is 253 g/mol. The number of phenolic OH excluding ortho intramolecular Hbond substituents is 1. The maximum atomic E-state index is 9.92. The summed E-state index contributed by atoms with van der Waals surface area (Å²) in [7, 11) is 1.58. The number of aromatic hydroxyl groups is 1. The minimum Gasteiger partial charge on any atom is -0.507 e. The molecule has 1 rings (SSSR count). The van der Waals surface area contributed by atoms with Crippen molar-refractivity contribution in [3.8, 4) is 11.5 Å². The van der Waals surface area contributed by atoms with Gasteiger partial charge in [-0.2, -0.15) is 0 Å². The van der Waals surface area contributed by atoms with E-state index in [0.29, 0.717) is 11.8 Å². The van der Waals surface area contributed by atoms with Gasteiger partial charge in [0.15, 0.2) is 0 Å². The van der Waals surface area contributed by atoms with Crippen molar-refractivity contribution < 1.29 is 14.9 Å². The number of benzene rings is 1. The number of rotatable bonds is 7. The molecule has 0 saturated carbocycles. The summed E-state index contributed by atoms with van der Waals surface area (Å²) < 4.78 is 5.06. The summed E-state index contributed by atoms with van der Waals surface area (Å²) in [5, 5.41) is 22.1. The molecule has 0 aliphatic heterocycles. The molecule has 102 valence electrons. The minimum absolute atomic E-state index is 0.0598. The fourth-order valence-electron chi connectivity index (χ4n) is 2.01. The lowest BCUT2D eigenvalue weighted by molar-refractivity contribution is 0.274. The van der Waals surface area contributed by atoms with Gasteiger partial charge in [-0.15, -0.1) is 0 Å². The molecule has 0 bridgehead atoms. The van der Waals surface area contributed by atoms with Gasteiger partial charge in [-0.05, 0) is 32.8 Å². The van der Waals surface area contributed by atoms with Crippen LogP contribution in [0.1, 0.15) is 38.3 Å². The van der Waals surface area contributed by atoms with Crippen LogP contribution in [0.4, 0.5) is 0 Å². The quantitative estimate of drug-likeness (QED) is 0.697. The third kappa shape index (κ3) is 4.20. The van der Waals surface area contributed by atoms with Gasteiger partial charge < -0.3 is 20.3 Å². The molecule has 0 radical (unpaired) electrons. The second-order valence-corrected chi connectivity index (χ2v) is 4.58. The molecule has 3 N–H and O–H groups in total. The molecule has 18 heavy (non-hydrogen) atoms. The van der Waals surface area contributed by atoms with E-state index in [4.69, 9.17) is 9.84 Å². The Hall–Kier alpha value is -1.26. The SMILES string of the molecule is COc1ccc(C(C)NC(C)CCCO)c(O)c1. The molecule has 0 aliphatic rings. The van der Waals surface area contributed by atoms with Gasteiger partial charge in [0.1, 0.15) is 11.5 Å². The summed E-state index contributed by atoms with van der Waals surface area (Å²) in [5.41, 5.74) is 0.853. The fraction of sp³-hybridized carbons (Fsp3) is 0.571. The summed E-state index contributed by atoms with van der Waals surface area (Å²) in [5.74, 6) is 0.889. The summed E-state index contributed by atoms with van der Waals surface area (Å²) in [4.78, 5) is 0. The van der Waals surface area contributed by atoms with Crippen molar-refractivity contribution >= 4 is 0 Å². The normalized spacial score (nSPS) is 14.2. The molecule has 2 atom stereocenters. The lowest BCUT2D eigenvalue weighted by Crippen LogP contribution is -2.29. The first-order valence-electron chi connectivity index (χ1n) is 6.32. The first-order chi connectivity index (χ1) is 8.58. The zero-order valence-corrected chi connectivity index (χ0v) is 11.3. The molecule has 1 aromatic rings. The summed E-state index contributed by atoms with van der Waals surface area (Å²) in [6.07, 6.45) is 1.70. The number of aliphatic hydroxyl groups is 1. The Labute approximate surface area is 109 Å². The van der Waals surface area contributed by atoms with Crippen LogP contribution in [0, 0.1) is 0 Å². The molecular weight excluding hydrogens is 230 g/mol. The van der Waals surface area contributed by atoms with Crippen molar-refractivity contribution in [3.63, 3.8) is 0 Å². The predicted molar refractivity (Wildman–Crippen MR) is 72.0 cm³/mol. The molecule has 2 unspecified atom stereocenters. The van der Waals surface area contributed by atoms with Crippen molar-refractivity contribution in [1.29, 1.82) is 0 Å². The van der Waals surface area contributed by atoms with E-state index in [1.54, 1.807) is 13.2 Å². The van der Waals surface area contributed by atoms with Crippen molar-refractivity contribution in [2.45, 2.75) is 38.8 Å². The number of hydrogen-bond donors (Lipinski definition) is 3. The Balaban J connectivity index is 2.63. The highest BCUT2D eigenvalue weighted by Gasteiger charge is 2.13. The van der Waals surface area contributed by atoms with E-state index in [1.165, 1.54) is 0 Å². The van der Waals surface area contributed by atoms with Crippen LogP contribution < -0.4 is 10.1 Å². The molecule has 0 heterocycles. The molecule has 4 nitrogen and oxygen atoms in total. The predicted octanol–water partition coefficient (Wildman–Crippen LogP) is 2.21. The van der Waals surface area contributed by atoms with Gasteiger partial charge in [0.05, 0.1) is 7.11 Å². The second kappa shape index (κ2) is 7.24. The lowest BCUT2D eigenvalue weighted by Gasteiger charge is -2.21. The highest BCUT2D eigenvalue weighted by Crippen LogP contribution is 2.28. The van der Waals surface area contributed by atoms with Crippen LogP contribution >= 0.6 is 0 Å². The average Bonchev–Trinajstić information content (AvgIpc) is 2.35. The summed E-state index contributed by atoms with van der Waals surface area (Å²) in [6.45, 7) is 4.30. The summed E-state index contributed by atoms with van der Waals surface area (Å²) >= 11 is 0. The molecule has 0 fully saturated rings. The highest BCUT2D eigenvalue weighted by molar-refractivity contribution is 5.41. The van der Waals surface area contributed by atoms with Gasteiger partial charge in [0.2, 0.25) is 0 Å². The van der Waals surface area contributed by atoms with E-state index in [0.717, 1.165) is 18.4 Å². The van der Waals surface area contributed by atoms with Crippen LogP contribution in [0.3, 0.4) is 0 Å². The number of phenols is 1. The van der Waals surface area contributed by atoms with Gasteiger partial charge in [-0.3, -0.25) is 0 Å². The third-order valence-corrected chi connectivity index (χ3v) is 3.03. The van der Waals surface area contributed by atoms with E-state index < -0.39 is 0 Å². The molecule has 0 aliphatic carbocycles. The van der Waals surface area contributed by atoms with Crippen molar-refractivity contribution in [2.24, 2.45) is 0 Å². The van der Waals surface area contributed by atoms with E-state index >= 15 is 0 Å². The minimum atomic E-state index is 0.0598. The monoisotopic (exact) mass is 253 g/mol.